The molecule has 0 N–H and O–H groups in total. The average molecular weight is 250 g/mol. The minimum absolute atomic E-state index is 0.112. The first-order valence-corrected chi connectivity index (χ1v) is 6.21. The number of rotatable bonds is 6. The molecule has 0 amide bonds. The first kappa shape index (κ1) is 11.8. The van der Waals surface area contributed by atoms with Crippen molar-refractivity contribution in [3.8, 4) is 11.5 Å². The zero-order valence-corrected chi connectivity index (χ0v) is 10.8. The molecule has 2 atom stereocenters. The van der Waals surface area contributed by atoms with Crippen LogP contribution in [0.25, 0.3) is 0 Å². The molecule has 2 aliphatic heterocycles. The van der Waals surface area contributed by atoms with Crippen molar-refractivity contribution in [3.05, 3.63) is 24.3 Å². The van der Waals surface area contributed by atoms with Crippen LogP contribution in [0.15, 0.2) is 24.3 Å². The highest BCUT2D eigenvalue weighted by Gasteiger charge is 2.41. The Balaban J connectivity index is 1.61. The lowest BCUT2D eigenvalue weighted by Crippen LogP contribution is -2.19. The van der Waals surface area contributed by atoms with Crippen LogP contribution in [-0.2, 0) is 9.47 Å². The maximum Gasteiger partial charge on any atom is 0.161 e. The van der Waals surface area contributed by atoms with E-state index in [1.807, 2.05) is 38.1 Å². The van der Waals surface area contributed by atoms with Crippen molar-refractivity contribution < 1.29 is 18.9 Å². The Morgan fingerprint density at radius 1 is 0.944 bits per heavy atom. The normalized spacial score (nSPS) is 33.0. The minimum Gasteiger partial charge on any atom is -0.487 e. The molecule has 0 saturated carbocycles. The molecule has 98 valence electrons. The highest BCUT2D eigenvalue weighted by atomic mass is 16.6. The van der Waals surface area contributed by atoms with Gasteiger partial charge in [0.05, 0.1) is 13.2 Å². The summed E-state index contributed by atoms with van der Waals surface area (Å²) >= 11 is 0. The summed E-state index contributed by atoms with van der Waals surface area (Å²) in [7, 11) is 0. The first-order valence-electron chi connectivity index (χ1n) is 6.21. The Morgan fingerprint density at radius 3 is 1.67 bits per heavy atom. The lowest BCUT2D eigenvalue weighted by Gasteiger charge is -2.14. The van der Waals surface area contributed by atoms with E-state index in [1.54, 1.807) is 0 Å². The zero-order chi connectivity index (χ0) is 12.6. The third-order valence-corrected chi connectivity index (χ3v) is 3.19. The number of para-hydroxylation sites is 2. The summed E-state index contributed by atoms with van der Waals surface area (Å²) in [6.07, 6.45) is 0. The maximum absolute atomic E-state index is 5.76. The molecule has 2 fully saturated rings. The molecule has 0 radical (unpaired) electrons. The predicted octanol–water partition coefficient (Wildman–Crippen LogP) is 2.02. The van der Waals surface area contributed by atoms with Crippen molar-refractivity contribution in [1.82, 2.24) is 0 Å². The number of benzene rings is 1. The summed E-state index contributed by atoms with van der Waals surface area (Å²) in [4.78, 5) is 0. The van der Waals surface area contributed by atoms with Gasteiger partial charge in [-0.1, -0.05) is 12.1 Å². The van der Waals surface area contributed by atoms with Crippen LogP contribution in [0.1, 0.15) is 13.8 Å². The lowest BCUT2D eigenvalue weighted by molar-refractivity contribution is 0.176. The fourth-order valence-corrected chi connectivity index (χ4v) is 1.56. The van der Waals surface area contributed by atoms with E-state index in [4.69, 9.17) is 18.9 Å². The molecule has 4 heteroatoms. The molecule has 2 saturated heterocycles. The van der Waals surface area contributed by atoms with Crippen LogP contribution in [0.5, 0.6) is 11.5 Å². The van der Waals surface area contributed by atoms with Crippen LogP contribution in [0.4, 0.5) is 0 Å². The Labute approximate surface area is 107 Å². The van der Waals surface area contributed by atoms with Gasteiger partial charge in [-0.25, -0.2) is 0 Å². The van der Waals surface area contributed by atoms with Crippen molar-refractivity contribution in [2.24, 2.45) is 0 Å². The highest BCUT2D eigenvalue weighted by molar-refractivity contribution is 5.39. The Bertz CT molecular complexity index is 394. The second-order valence-electron chi connectivity index (χ2n) is 5.50. The summed E-state index contributed by atoms with van der Waals surface area (Å²) in [5.41, 5.74) is -0.225. The van der Waals surface area contributed by atoms with E-state index in [-0.39, 0.29) is 11.2 Å². The second-order valence-corrected chi connectivity index (χ2v) is 5.50. The van der Waals surface area contributed by atoms with Crippen LogP contribution in [0, 0.1) is 0 Å². The number of epoxide rings is 2. The van der Waals surface area contributed by atoms with E-state index in [0.29, 0.717) is 13.2 Å². The number of hydrogen-bond donors (Lipinski definition) is 0. The van der Waals surface area contributed by atoms with Gasteiger partial charge in [-0.3, -0.25) is 0 Å². The number of hydrogen-bond acceptors (Lipinski definition) is 4. The molecule has 3 rings (SSSR count). The van der Waals surface area contributed by atoms with E-state index in [9.17, 15) is 0 Å². The van der Waals surface area contributed by atoms with Gasteiger partial charge in [0.1, 0.15) is 24.4 Å². The van der Waals surface area contributed by atoms with Gasteiger partial charge >= 0.3 is 0 Å². The van der Waals surface area contributed by atoms with Gasteiger partial charge in [0, 0.05) is 0 Å². The van der Waals surface area contributed by atoms with Crippen LogP contribution in [0.3, 0.4) is 0 Å². The molecular formula is C14H18O4. The van der Waals surface area contributed by atoms with Crippen LogP contribution < -0.4 is 9.47 Å². The average Bonchev–Trinajstić information content (AvgIpc) is 3.27. The Morgan fingerprint density at radius 2 is 1.33 bits per heavy atom. The van der Waals surface area contributed by atoms with E-state index >= 15 is 0 Å². The fourth-order valence-electron chi connectivity index (χ4n) is 1.56. The van der Waals surface area contributed by atoms with E-state index in [0.717, 1.165) is 24.7 Å². The molecule has 18 heavy (non-hydrogen) atoms. The van der Waals surface area contributed by atoms with Gasteiger partial charge in [-0.15, -0.1) is 0 Å². The first-order chi connectivity index (χ1) is 8.59. The smallest absolute Gasteiger partial charge is 0.161 e. The van der Waals surface area contributed by atoms with Gasteiger partial charge in [-0.05, 0) is 26.0 Å². The zero-order valence-electron chi connectivity index (χ0n) is 10.8. The van der Waals surface area contributed by atoms with Gasteiger partial charge in [0.25, 0.3) is 0 Å². The minimum atomic E-state index is -0.112. The van der Waals surface area contributed by atoms with Gasteiger partial charge in [-0.2, -0.15) is 0 Å². The SMILES string of the molecule is C[C@@]1(COc2ccccc2OC[C@]2(C)CO2)CO1. The number of ether oxygens (including phenoxy) is 4. The molecule has 1 aromatic carbocycles. The maximum atomic E-state index is 5.76. The Kier molecular flexibility index (Phi) is 2.72. The van der Waals surface area contributed by atoms with Crippen LogP contribution >= 0.6 is 0 Å². The molecule has 0 spiro atoms. The monoisotopic (exact) mass is 250 g/mol. The molecule has 1 aromatic rings. The lowest BCUT2D eigenvalue weighted by atomic mass is 10.2. The summed E-state index contributed by atoms with van der Waals surface area (Å²) < 4.78 is 22.1. The summed E-state index contributed by atoms with van der Waals surface area (Å²) in [6, 6.07) is 7.70. The Hall–Kier alpha value is -1.26. The molecule has 0 aromatic heterocycles. The van der Waals surface area contributed by atoms with Crippen molar-refractivity contribution in [1.29, 1.82) is 0 Å². The van der Waals surface area contributed by atoms with Crippen molar-refractivity contribution in [2.45, 2.75) is 25.0 Å². The van der Waals surface area contributed by atoms with E-state index in [2.05, 4.69) is 0 Å². The molecule has 0 unspecified atom stereocenters. The largest absolute Gasteiger partial charge is 0.487 e. The molecular weight excluding hydrogens is 232 g/mol. The second kappa shape index (κ2) is 4.14. The summed E-state index contributed by atoms with van der Waals surface area (Å²) in [6.45, 7) is 6.72. The molecule has 0 bridgehead atoms. The molecule has 0 aliphatic carbocycles. The molecule has 2 heterocycles. The van der Waals surface area contributed by atoms with Crippen LogP contribution in [-0.4, -0.2) is 37.6 Å². The molecule has 4 nitrogen and oxygen atoms in total. The summed E-state index contributed by atoms with van der Waals surface area (Å²) in [5, 5.41) is 0. The third-order valence-electron chi connectivity index (χ3n) is 3.19. The predicted molar refractivity (Wildman–Crippen MR) is 66.1 cm³/mol. The van der Waals surface area contributed by atoms with Crippen molar-refractivity contribution >= 4 is 0 Å². The van der Waals surface area contributed by atoms with Crippen molar-refractivity contribution in [2.75, 3.05) is 26.4 Å². The molecule has 2 aliphatic rings. The fraction of sp³-hybridized carbons (Fsp3) is 0.571. The highest BCUT2D eigenvalue weighted by Crippen LogP contribution is 2.33. The van der Waals surface area contributed by atoms with E-state index in [1.165, 1.54) is 0 Å². The van der Waals surface area contributed by atoms with Gasteiger partial charge in [0.2, 0.25) is 0 Å². The van der Waals surface area contributed by atoms with Gasteiger partial charge in [0.15, 0.2) is 11.5 Å². The van der Waals surface area contributed by atoms with Crippen molar-refractivity contribution in [3.63, 3.8) is 0 Å². The third kappa shape index (κ3) is 2.76. The van der Waals surface area contributed by atoms with Gasteiger partial charge < -0.3 is 18.9 Å². The standard InChI is InChI=1S/C14H18O4/c1-13(9-17-13)7-15-11-5-3-4-6-12(11)16-8-14(2)10-18-14/h3-6H,7-10H2,1-2H3/t13-,14-/m1/s1. The topological polar surface area (TPSA) is 43.5 Å². The summed E-state index contributed by atoms with van der Waals surface area (Å²) in [5.74, 6) is 1.52. The quantitative estimate of drug-likeness (QED) is 0.724. The van der Waals surface area contributed by atoms with E-state index < -0.39 is 0 Å². The van der Waals surface area contributed by atoms with Crippen LogP contribution in [0.2, 0.25) is 0 Å².